The van der Waals surface area contributed by atoms with Crippen LogP contribution >= 0.6 is 0 Å². The van der Waals surface area contributed by atoms with E-state index in [9.17, 15) is 0 Å². The number of hydrogen-bond acceptors (Lipinski definition) is 5. The first-order valence-electron chi connectivity index (χ1n) is 7.38. The van der Waals surface area contributed by atoms with Gasteiger partial charge in [0.05, 0.1) is 5.56 Å². The van der Waals surface area contributed by atoms with Crippen molar-refractivity contribution in [3.8, 4) is 17.2 Å². The molecule has 0 bridgehead atoms. The van der Waals surface area contributed by atoms with Crippen LogP contribution in [0.4, 0.5) is 5.69 Å². The topological polar surface area (TPSA) is 74.2 Å². The van der Waals surface area contributed by atoms with Crippen LogP contribution in [-0.4, -0.2) is 16.2 Å². The number of para-hydroxylation sites is 2. The average Bonchev–Trinajstić information content (AvgIpc) is 3.04. The molecule has 3 aromatic rings. The monoisotopic (exact) mass is 305 g/mol. The Morgan fingerprint density at radius 3 is 2.70 bits per heavy atom. The highest BCUT2D eigenvalue weighted by Crippen LogP contribution is 2.34. The smallest absolute Gasteiger partial charge is 0.260 e. The van der Waals surface area contributed by atoms with E-state index in [1.165, 1.54) is 0 Å². The molecule has 4 rings (SSSR count). The fourth-order valence-corrected chi connectivity index (χ4v) is 2.63. The minimum Gasteiger partial charge on any atom is -0.485 e. The largest absolute Gasteiger partial charge is 0.485 e. The van der Waals surface area contributed by atoms with E-state index in [4.69, 9.17) is 15.0 Å². The number of rotatable bonds is 2. The summed E-state index contributed by atoms with van der Waals surface area (Å²) in [7, 11) is 0. The second kappa shape index (κ2) is 5.28. The zero-order valence-corrected chi connectivity index (χ0v) is 12.6. The molecule has 1 atom stereocenters. The second-order valence-electron chi connectivity index (χ2n) is 5.41. The van der Waals surface area contributed by atoms with E-state index in [1.807, 2.05) is 55.5 Å². The Kier molecular flexibility index (Phi) is 3.12. The van der Waals surface area contributed by atoms with Crippen LogP contribution in [0.25, 0.3) is 23.1 Å². The van der Waals surface area contributed by atoms with Crippen molar-refractivity contribution in [2.45, 2.75) is 13.0 Å². The van der Waals surface area contributed by atoms with Gasteiger partial charge in [0.25, 0.3) is 5.89 Å². The standard InChI is InChI=1S/C18H15N3O2/c1-11-14(10-12-6-2-5-9-16(12)22-11)17-20-18(23-21-17)13-7-3-4-8-15(13)19/h2-11H,19H2,1H3. The minimum absolute atomic E-state index is 0.150. The lowest BCUT2D eigenvalue weighted by Gasteiger charge is -2.22. The van der Waals surface area contributed by atoms with Crippen LogP contribution in [0.3, 0.4) is 0 Å². The van der Waals surface area contributed by atoms with Gasteiger partial charge in [-0.15, -0.1) is 0 Å². The van der Waals surface area contributed by atoms with Gasteiger partial charge < -0.3 is 15.0 Å². The molecule has 5 nitrogen and oxygen atoms in total. The Labute approximate surface area is 133 Å². The number of anilines is 1. The van der Waals surface area contributed by atoms with E-state index in [0.717, 1.165) is 22.4 Å². The molecule has 1 aliphatic rings. The Balaban J connectivity index is 1.75. The molecule has 2 aromatic carbocycles. The molecule has 0 radical (unpaired) electrons. The van der Waals surface area contributed by atoms with Crippen LogP contribution in [0.5, 0.6) is 5.75 Å². The molecule has 0 saturated carbocycles. The predicted octanol–water partition coefficient (Wildman–Crippen LogP) is 3.64. The zero-order chi connectivity index (χ0) is 15.8. The van der Waals surface area contributed by atoms with Gasteiger partial charge in [-0.2, -0.15) is 4.98 Å². The van der Waals surface area contributed by atoms with Crippen molar-refractivity contribution < 1.29 is 9.26 Å². The van der Waals surface area contributed by atoms with Gasteiger partial charge in [-0.05, 0) is 31.2 Å². The number of fused-ring (bicyclic) bond motifs is 1. The van der Waals surface area contributed by atoms with Gasteiger partial charge in [0.1, 0.15) is 11.9 Å². The van der Waals surface area contributed by atoms with Crippen LogP contribution in [0, 0.1) is 0 Å². The fraction of sp³-hybridized carbons (Fsp3) is 0.111. The van der Waals surface area contributed by atoms with Crippen LogP contribution in [0.2, 0.25) is 0 Å². The first-order valence-corrected chi connectivity index (χ1v) is 7.38. The van der Waals surface area contributed by atoms with Crippen LogP contribution < -0.4 is 10.5 Å². The van der Waals surface area contributed by atoms with E-state index in [-0.39, 0.29) is 6.10 Å². The van der Waals surface area contributed by atoms with Crippen molar-refractivity contribution in [2.24, 2.45) is 0 Å². The molecule has 2 heterocycles. The van der Waals surface area contributed by atoms with E-state index < -0.39 is 0 Å². The first kappa shape index (κ1) is 13.6. The van der Waals surface area contributed by atoms with Gasteiger partial charge in [0.2, 0.25) is 5.82 Å². The Hall–Kier alpha value is -3.08. The SMILES string of the molecule is CC1Oc2ccccc2C=C1c1noc(-c2ccccc2N)n1. The maximum absolute atomic E-state index is 5.96. The van der Waals surface area contributed by atoms with Gasteiger partial charge in [-0.25, -0.2) is 0 Å². The van der Waals surface area contributed by atoms with E-state index >= 15 is 0 Å². The second-order valence-corrected chi connectivity index (χ2v) is 5.41. The van der Waals surface area contributed by atoms with E-state index in [2.05, 4.69) is 10.1 Å². The fourth-order valence-electron chi connectivity index (χ4n) is 2.63. The van der Waals surface area contributed by atoms with Gasteiger partial charge in [-0.1, -0.05) is 35.5 Å². The van der Waals surface area contributed by atoms with Crippen molar-refractivity contribution in [3.63, 3.8) is 0 Å². The maximum atomic E-state index is 5.96. The number of ether oxygens (including phenoxy) is 1. The first-order chi connectivity index (χ1) is 11.2. The van der Waals surface area contributed by atoms with Crippen LogP contribution in [0.1, 0.15) is 18.3 Å². The molecule has 2 N–H and O–H groups in total. The molecular formula is C18H15N3O2. The third-order valence-electron chi connectivity index (χ3n) is 3.85. The predicted molar refractivity (Wildman–Crippen MR) is 88.5 cm³/mol. The number of benzene rings is 2. The van der Waals surface area contributed by atoms with Gasteiger partial charge >= 0.3 is 0 Å². The highest BCUT2D eigenvalue weighted by Gasteiger charge is 2.24. The summed E-state index contributed by atoms with van der Waals surface area (Å²) in [5, 5.41) is 4.09. The highest BCUT2D eigenvalue weighted by molar-refractivity contribution is 5.85. The van der Waals surface area contributed by atoms with Gasteiger partial charge in [0.15, 0.2) is 0 Å². The molecule has 23 heavy (non-hydrogen) atoms. The van der Waals surface area contributed by atoms with Crippen molar-refractivity contribution in [3.05, 3.63) is 59.9 Å². The molecule has 114 valence electrons. The molecule has 1 aliphatic heterocycles. The summed E-state index contributed by atoms with van der Waals surface area (Å²) in [6.07, 6.45) is 1.88. The van der Waals surface area contributed by atoms with E-state index in [0.29, 0.717) is 17.4 Å². The zero-order valence-electron chi connectivity index (χ0n) is 12.6. The summed E-state index contributed by atoms with van der Waals surface area (Å²) in [5.41, 5.74) is 9.19. The molecule has 1 aromatic heterocycles. The summed E-state index contributed by atoms with van der Waals surface area (Å²) in [6.45, 7) is 1.97. The molecule has 0 saturated heterocycles. The maximum Gasteiger partial charge on any atom is 0.260 e. The quantitative estimate of drug-likeness (QED) is 0.732. The summed E-state index contributed by atoms with van der Waals surface area (Å²) >= 11 is 0. The van der Waals surface area contributed by atoms with Crippen molar-refractivity contribution in [1.29, 1.82) is 0 Å². The Bertz CT molecular complexity index is 899. The lowest BCUT2D eigenvalue weighted by atomic mass is 10.0. The average molecular weight is 305 g/mol. The van der Waals surface area contributed by atoms with E-state index in [1.54, 1.807) is 6.07 Å². The van der Waals surface area contributed by atoms with Crippen LogP contribution in [0.15, 0.2) is 53.1 Å². The molecule has 0 fully saturated rings. The third kappa shape index (κ3) is 2.36. The number of nitrogens with zero attached hydrogens (tertiary/aromatic N) is 2. The molecular weight excluding hydrogens is 290 g/mol. The van der Waals surface area contributed by atoms with Crippen molar-refractivity contribution in [1.82, 2.24) is 10.1 Å². The Morgan fingerprint density at radius 2 is 1.83 bits per heavy atom. The molecule has 5 heteroatoms. The molecule has 0 amide bonds. The third-order valence-corrected chi connectivity index (χ3v) is 3.85. The summed E-state index contributed by atoms with van der Waals surface area (Å²) < 4.78 is 11.3. The summed E-state index contributed by atoms with van der Waals surface area (Å²) in [5.74, 6) is 1.79. The number of nitrogen functional groups attached to an aromatic ring is 1. The molecule has 0 spiro atoms. The normalized spacial score (nSPS) is 16.4. The molecule has 0 aliphatic carbocycles. The van der Waals surface area contributed by atoms with Crippen molar-refractivity contribution in [2.75, 3.05) is 5.73 Å². The lowest BCUT2D eigenvalue weighted by Crippen LogP contribution is -2.18. The minimum atomic E-state index is -0.150. The lowest BCUT2D eigenvalue weighted by molar-refractivity contribution is 0.273. The van der Waals surface area contributed by atoms with Crippen molar-refractivity contribution >= 4 is 17.3 Å². The summed E-state index contributed by atoms with van der Waals surface area (Å²) in [4.78, 5) is 4.48. The highest BCUT2D eigenvalue weighted by atomic mass is 16.5. The van der Waals surface area contributed by atoms with Gasteiger partial charge in [-0.3, -0.25) is 0 Å². The number of aromatic nitrogens is 2. The number of hydrogen-bond donors (Lipinski definition) is 1. The number of nitrogens with two attached hydrogens (primary N) is 1. The Morgan fingerprint density at radius 1 is 1.04 bits per heavy atom. The van der Waals surface area contributed by atoms with Crippen LogP contribution in [-0.2, 0) is 0 Å². The van der Waals surface area contributed by atoms with Gasteiger partial charge in [0, 0.05) is 16.8 Å². The molecule has 1 unspecified atom stereocenters. The summed E-state index contributed by atoms with van der Waals surface area (Å²) in [6, 6.07) is 15.3.